The second-order valence-electron chi connectivity index (χ2n) is 6.18. The fourth-order valence-corrected chi connectivity index (χ4v) is 3.02. The zero-order valence-corrected chi connectivity index (χ0v) is 13.3. The first-order valence-electron chi connectivity index (χ1n) is 7.91. The molecular weight excluding hydrogens is 278 g/mol. The van der Waals surface area contributed by atoms with Crippen LogP contribution in [0.3, 0.4) is 0 Å². The molecule has 1 fully saturated rings. The number of carbonyl (C=O) groups is 2. The molecule has 2 atom stereocenters. The third kappa shape index (κ3) is 4.23. The van der Waals surface area contributed by atoms with Gasteiger partial charge in [-0.3, -0.25) is 9.59 Å². The van der Waals surface area contributed by atoms with Gasteiger partial charge in [0.2, 0.25) is 11.8 Å². The number of anilines is 1. The molecule has 4 N–H and O–H groups in total. The molecule has 2 amide bonds. The van der Waals surface area contributed by atoms with Gasteiger partial charge in [-0.15, -0.1) is 0 Å². The van der Waals surface area contributed by atoms with Gasteiger partial charge in [-0.2, -0.15) is 0 Å². The van der Waals surface area contributed by atoms with E-state index in [1.807, 2.05) is 13.0 Å². The first kappa shape index (κ1) is 16.3. The van der Waals surface area contributed by atoms with Crippen LogP contribution in [0.2, 0.25) is 0 Å². The van der Waals surface area contributed by atoms with E-state index in [0.29, 0.717) is 17.5 Å². The van der Waals surface area contributed by atoms with E-state index in [9.17, 15) is 9.59 Å². The van der Waals surface area contributed by atoms with Crippen LogP contribution in [-0.4, -0.2) is 24.4 Å². The fraction of sp³-hybridized carbons (Fsp3) is 0.529. The molecular formula is C17H25N3O2. The van der Waals surface area contributed by atoms with Crippen molar-refractivity contribution in [3.05, 3.63) is 29.3 Å². The summed E-state index contributed by atoms with van der Waals surface area (Å²) in [5.74, 6) is 0.123. The van der Waals surface area contributed by atoms with Gasteiger partial charge < -0.3 is 16.4 Å². The monoisotopic (exact) mass is 303 g/mol. The van der Waals surface area contributed by atoms with Crippen molar-refractivity contribution >= 4 is 17.5 Å². The lowest BCUT2D eigenvalue weighted by Gasteiger charge is -2.29. The van der Waals surface area contributed by atoms with Crippen molar-refractivity contribution in [2.75, 3.05) is 11.9 Å². The number of nitrogens with two attached hydrogens (primary N) is 1. The predicted octanol–water partition coefficient (Wildman–Crippen LogP) is 2.20. The molecule has 2 rings (SSSR count). The van der Waals surface area contributed by atoms with E-state index in [1.165, 1.54) is 19.3 Å². The number of carbonyl (C=O) groups excluding carboxylic acids is 2. The third-order valence-electron chi connectivity index (χ3n) is 4.40. The molecule has 0 spiro atoms. The fourth-order valence-electron chi connectivity index (χ4n) is 3.02. The van der Waals surface area contributed by atoms with Gasteiger partial charge >= 0.3 is 0 Å². The first-order valence-corrected chi connectivity index (χ1v) is 7.91. The first-order chi connectivity index (χ1) is 10.5. The maximum Gasteiger partial charge on any atom is 0.248 e. The highest BCUT2D eigenvalue weighted by atomic mass is 16.2. The van der Waals surface area contributed by atoms with Gasteiger partial charge in [0.15, 0.2) is 0 Å². The Morgan fingerprint density at radius 3 is 2.64 bits per heavy atom. The van der Waals surface area contributed by atoms with Gasteiger partial charge in [-0.05, 0) is 49.4 Å². The largest absolute Gasteiger partial charge is 0.376 e. The smallest absolute Gasteiger partial charge is 0.248 e. The van der Waals surface area contributed by atoms with Crippen LogP contribution in [-0.2, 0) is 4.79 Å². The summed E-state index contributed by atoms with van der Waals surface area (Å²) in [4.78, 5) is 23.2. The second-order valence-corrected chi connectivity index (χ2v) is 6.18. The standard InChI is InChI=1S/C17H25N3O2/c1-11-5-3-4-6-15(11)20-16(21)10-19-13-7-8-14(17(18)22)12(2)9-13/h7-9,11,15,19H,3-6,10H2,1-2H3,(H2,18,22)(H,20,21)/t11-,15-/m0/s1. The molecule has 0 aliphatic heterocycles. The molecule has 1 aromatic carbocycles. The van der Waals surface area contributed by atoms with Gasteiger partial charge in [0.1, 0.15) is 0 Å². The predicted molar refractivity (Wildman–Crippen MR) is 87.7 cm³/mol. The van der Waals surface area contributed by atoms with Crippen molar-refractivity contribution in [2.24, 2.45) is 11.7 Å². The number of amides is 2. The maximum atomic E-state index is 12.0. The van der Waals surface area contributed by atoms with Crippen LogP contribution in [0.1, 0.15) is 48.5 Å². The Labute approximate surface area is 131 Å². The number of benzene rings is 1. The van der Waals surface area contributed by atoms with Crippen molar-refractivity contribution in [1.29, 1.82) is 0 Å². The van der Waals surface area contributed by atoms with E-state index < -0.39 is 5.91 Å². The molecule has 0 bridgehead atoms. The molecule has 0 radical (unpaired) electrons. The second kappa shape index (κ2) is 7.29. The Morgan fingerprint density at radius 1 is 1.27 bits per heavy atom. The average molecular weight is 303 g/mol. The molecule has 1 aliphatic rings. The van der Waals surface area contributed by atoms with E-state index in [0.717, 1.165) is 17.7 Å². The Bertz CT molecular complexity index is 557. The molecule has 5 heteroatoms. The summed E-state index contributed by atoms with van der Waals surface area (Å²) in [5.41, 5.74) is 7.40. The van der Waals surface area contributed by atoms with Crippen LogP contribution >= 0.6 is 0 Å². The Kier molecular flexibility index (Phi) is 5.41. The SMILES string of the molecule is Cc1cc(NCC(=O)N[C@H]2CCCC[C@@H]2C)ccc1C(N)=O. The lowest BCUT2D eigenvalue weighted by molar-refractivity contribution is -0.120. The minimum absolute atomic E-state index is 0.00961. The van der Waals surface area contributed by atoms with E-state index in [-0.39, 0.29) is 12.5 Å². The third-order valence-corrected chi connectivity index (χ3v) is 4.40. The van der Waals surface area contributed by atoms with Gasteiger partial charge in [-0.25, -0.2) is 0 Å². The molecule has 22 heavy (non-hydrogen) atoms. The molecule has 0 heterocycles. The molecule has 0 aromatic heterocycles. The van der Waals surface area contributed by atoms with Crippen LogP contribution in [0.15, 0.2) is 18.2 Å². The number of hydrogen-bond donors (Lipinski definition) is 3. The number of hydrogen-bond acceptors (Lipinski definition) is 3. The molecule has 0 saturated heterocycles. The lowest BCUT2D eigenvalue weighted by Crippen LogP contribution is -2.43. The highest BCUT2D eigenvalue weighted by Gasteiger charge is 2.22. The van der Waals surface area contributed by atoms with Crippen LogP contribution in [0.4, 0.5) is 5.69 Å². The van der Waals surface area contributed by atoms with E-state index >= 15 is 0 Å². The van der Waals surface area contributed by atoms with Crippen molar-refractivity contribution in [1.82, 2.24) is 5.32 Å². The zero-order valence-electron chi connectivity index (χ0n) is 13.3. The van der Waals surface area contributed by atoms with Crippen LogP contribution in [0.5, 0.6) is 0 Å². The van der Waals surface area contributed by atoms with Gasteiger partial charge in [0.25, 0.3) is 0 Å². The topological polar surface area (TPSA) is 84.2 Å². The highest BCUT2D eigenvalue weighted by Crippen LogP contribution is 2.23. The summed E-state index contributed by atoms with van der Waals surface area (Å²) in [7, 11) is 0. The van der Waals surface area contributed by atoms with Crippen LogP contribution in [0, 0.1) is 12.8 Å². The molecule has 0 unspecified atom stereocenters. The van der Waals surface area contributed by atoms with Crippen LogP contribution in [0.25, 0.3) is 0 Å². The summed E-state index contributed by atoms with van der Waals surface area (Å²) in [6, 6.07) is 5.57. The summed E-state index contributed by atoms with van der Waals surface area (Å²) < 4.78 is 0. The summed E-state index contributed by atoms with van der Waals surface area (Å²) in [6.45, 7) is 4.26. The Balaban J connectivity index is 1.85. The minimum atomic E-state index is -0.437. The molecule has 1 aromatic rings. The summed E-state index contributed by atoms with van der Waals surface area (Å²) >= 11 is 0. The van der Waals surface area contributed by atoms with Gasteiger partial charge in [0.05, 0.1) is 6.54 Å². The molecule has 5 nitrogen and oxygen atoms in total. The van der Waals surface area contributed by atoms with Crippen molar-refractivity contribution in [3.8, 4) is 0 Å². The number of nitrogens with one attached hydrogen (secondary N) is 2. The van der Waals surface area contributed by atoms with Gasteiger partial charge in [0, 0.05) is 17.3 Å². The molecule has 1 aliphatic carbocycles. The van der Waals surface area contributed by atoms with E-state index in [4.69, 9.17) is 5.73 Å². The maximum absolute atomic E-state index is 12.0. The van der Waals surface area contributed by atoms with Gasteiger partial charge in [-0.1, -0.05) is 19.8 Å². The zero-order chi connectivity index (χ0) is 16.1. The van der Waals surface area contributed by atoms with E-state index in [2.05, 4.69) is 17.6 Å². The minimum Gasteiger partial charge on any atom is -0.376 e. The van der Waals surface area contributed by atoms with Crippen molar-refractivity contribution in [2.45, 2.75) is 45.6 Å². The van der Waals surface area contributed by atoms with E-state index in [1.54, 1.807) is 12.1 Å². The Morgan fingerprint density at radius 2 is 2.00 bits per heavy atom. The lowest BCUT2D eigenvalue weighted by atomic mass is 9.86. The number of aryl methyl sites for hydroxylation is 1. The summed E-state index contributed by atoms with van der Waals surface area (Å²) in [5, 5.41) is 6.20. The van der Waals surface area contributed by atoms with Crippen LogP contribution < -0.4 is 16.4 Å². The highest BCUT2D eigenvalue weighted by molar-refractivity contribution is 5.94. The number of primary amides is 1. The average Bonchev–Trinajstić information content (AvgIpc) is 2.47. The van der Waals surface area contributed by atoms with Crippen molar-refractivity contribution in [3.63, 3.8) is 0 Å². The van der Waals surface area contributed by atoms with Crippen molar-refractivity contribution < 1.29 is 9.59 Å². The Hall–Kier alpha value is -2.04. The molecule has 1 saturated carbocycles. The molecule has 120 valence electrons. The quantitative estimate of drug-likeness (QED) is 0.779. The normalized spacial score (nSPS) is 21.2. The number of rotatable bonds is 5. The summed E-state index contributed by atoms with van der Waals surface area (Å²) in [6.07, 6.45) is 4.71.